The van der Waals surface area contributed by atoms with Crippen LogP contribution in [0.2, 0.25) is 0 Å². The number of amides is 1. The fourth-order valence-electron chi connectivity index (χ4n) is 3.17. The Morgan fingerprint density at radius 2 is 1.85 bits per heavy atom. The van der Waals surface area contributed by atoms with Crippen LogP contribution in [0.1, 0.15) is 15.2 Å². The van der Waals surface area contributed by atoms with Crippen molar-refractivity contribution in [1.29, 1.82) is 5.41 Å². The van der Waals surface area contributed by atoms with Gasteiger partial charge in [0.25, 0.3) is 5.91 Å². The lowest BCUT2D eigenvalue weighted by Crippen LogP contribution is -2.27. The van der Waals surface area contributed by atoms with Gasteiger partial charge in [0.1, 0.15) is 16.3 Å². The van der Waals surface area contributed by atoms with Crippen molar-refractivity contribution in [2.75, 3.05) is 44.1 Å². The van der Waals surface area contributed by atoms with Crippen molar-refractivity contribution >= 4 is 56.6 Å². The number of benzene rings is 2. The number of nitrogen functional groups attached to an aromatic ring is 1. The summed E-state index contributed by atoms with van der Waals surface area (Å²) in [6.07, 6.45) is 1.95. The molecule has 0 aliphatic carbocycles. The quantitative estimate of drug-likeness (QED) is 0.0858. The van der Waals surface area contributed by atoms with Crippen molar-refractivity contribution in [3.63, 3.8) is 0 Å². The third-order valence-electron chi connectivity index (χ3n) is 5.05. The number of carbonyl (C=O) groups is 2. The Bertz CT molecular complexity index is 1410. The van der Waals surface area contributed by atoms with Crippen LogP contribution in [0.4, 0.5) is 10.3 Å². The molecule has 208 valence electrons. The maximum Gasteiger partial charge on any atom is 0.263 e. The molecule has 0 aliphatic rings. The van der Waals surface area contributed by atoms with Crippen LogP contribution in [0.5, 0.6) is 0 Å². The van der Waals surface area contributed by atoms with Crippen LogP contribution in [0.15, 0.2) is 77.3 Å². The first kappa shape index (κ1) is 30.2. The largest absolute Gasteiger partial charge is 0.378 e. The number of thiazole rings is 2. The van der Waals surface area contributed by atoms with Crippen molar-refractivity contribution in [1.82, 2.24) is 15.3 Å². The highest BCUT2D eigenvalue weighted by Crippen LogP contribution is 2.27. The molecule has 4 aromatic rings. The Labute approximate surface area is 240 Å². The predicted molar refractivity (Wildman–Crippen MR) is 161 cm³/mol. The van der Waals surface area contributed by atoms with Gasteiger partial charge in [-0.05, 0) is 0 Å². The summed E-state index contributed by atoms with van der Waals surface area (Å²) >= 11 is 2.62. The van der Waals surface area contributed by atoms with Crippen LogP contribution in [-0.4, -0.2) is 66.9 Å². The molecular formula is C27H30N8O3S2. The maximum atomic E-state index is 11.4. The summed E-state index contributed by atoms with van der Waals surface area (Å²) in [6.45, 7) is 1.90. The molecule has 11 nitrogen and oxygen atoms in total. The number of nitrogens with zero attached hydrogens (tertiary/aromatic N) is 4. The Kier molecular flexibility index (Phi) is 12.1. The molecule has 0 fully saturated rings. The second kappa shape index (κ2) is 16.0. The van der Waals surface area contributed by atoms with Gasteiger partial charge < -0.3 is 21.5 Å². The molecule has 40 heavy (non-hydrogen) atoms. The van der Waals surface area contributed by atoms with E-state index in [4.69, 9.17) is 21.6 Å². The van der Waals surface area contributed by atoms with Crippen LogP contribution in [-0.2, 0) is 9.53 Å². The molecule has 1 amide bonds. The Morgan fingerprint density at radius 1 is 1.15 bits per heavy atom. The minimum absolute atomic E-state index is 0.169. The number of aromatic nitrogens is 2. The fourth-order valence-corrected chi connectivity index (χ4v) is 4.52. The highest BCUT2D eigenvalue weighted by atomic mass is 32.1. The zero-order valence-corrected chi connectivity index (χ0v) is 23.5. The van der Waals surface area contributed by atoms with Gasteiger partial charge in [-0.2, -0.15) is 5.10 Å². The monoisotopic (exact) mass is 578 g/mol. The molecule has 2 heterocycles. The van der Waals surface area contributed by atoms with E-state index in [1.165, 1.54) is 17.5 Å². The van der Waals surface area contributed by atoms with Gasteiger partial charge in [0.05, 0.1) is 25.1 Å². The minimum Gasteiger partial charge on any atom is -0.378 e. The summed E-state index contributed by atoms with van der Waals surface area (Å²) in [5.41, 5.74) is 13.4. The Hall–Kier alpha value is -4.30. The molecule has 0 saturated carbocycles. The smallest absolute Gasteiger partial charge is 0.263 e. The van der Waals surface area contributed by atoms with E-state index in [0.29, 0.717) is 59.0 Å². The summed E-state index contributed by atoms with van der Waals surface area (Å²) in [5, 5.41) is 19.6. The van der Waals surface area contributed by atoms with E-state index < -0.39 is 0 Å². The summed E-state index contributed by atoms with van der Waals surface area (Å²) in [4.78, 5) is 31.4. The first-order valence-corrected chi connectivity index (χ1v) is 13.8. The highest BCUT2D eigenvalue weighted by Gasteiger charge is 2.14. The first-order valence-electron chi connectivity index (χ1n) is 12.1. The number of nitrogens with two attached hydrogens (primary N) is 2. The lowest BCUT2D eigenvalue weighted by Gasteiger charge is -2.12. The summed E-state index contributed by atoms with van der Waals surface area (Å²) in [5.74, 6) is -0.180. The molecule has 0 radical (unpaired) electrons. The van der Waals surface area contributed by atoms with E-state index in [9.17, 15) is 9.59 Å². The molecule has 2 aromatic heterocycles. The summed E-state index contributed by atoms with van der Waals surface area (Å²) in [6, 6.07) is 19.1. The topological polar surface area (TPSA) is 173 Å². The van der Waals surface area contributed by atoms with Gasteiger partial charge in [0, 0.05) is 36.6 Å². The SMILES string of the molecule is CN(/N=C(\C(=N)C=O)c1ccccc1)c1nc(-c2ccccc2)cs1.NCCOCCNC(=O)c1cnc(N)s1. The zero-order chi connectivity index (χ0) is 28.7. The molecule has 0 unspecified atom stereocenters. The Balaban J connectivity index is 0.000000252. The third kappa shape index (κ3) is 9.17. The van der Waals surface area contributed by atoms with E-state index in [1.54, 1.807) is 12.1 Å². The van der Waals surface area contributed by atoms with Crippen LogP contribution in [0.3, 0.4) is 0 Å². The van der Waals surface area contributed by atoms with Crippen molar-refractivity contribution < 1.29 is 14.3 Å². The third-order valence-corrected chi connectivity index (χ3v) is 6.78. The van der Waals surface area contributed by atoms with Crippen LogP contribution < -0.4 is 21.8 Å². The number of aldehydes is 1. The number of anilines is 2. The first-order chi connectivity index (χ1) is 19.4. The van der Waals surface area contributed by atoms with Gasteiger partial charge >= 0.3 is 0 Å². The number of carbonyl (C=O) groups excluding carboxylic acids is 2. The average Bonchev–Trinajstić information content (AvgIpc) is 3.66. The zero-order valence-electron chi connectivity index (χ0n) is 21.8. The molecule has 0 saturated heterocycles. The van der Waals surface area contributed by atoms with Crippen molar-refractivity contribution in [3.8, 4) is 11.3 Å². The van der Waals surface area contributed by atoms with E-state index in [2.05, 4.69) is 20.4 Å². The van der Waals surface area contributed by atoms with Gasteiger partial charge in [0.15, 0.2) is 11.4 Å². The normalized spacial score (nSPS) is 10.8. The van der Waals surface area contributed by atoms with Gasteiger partial charge in [0.2, 0.25) is 5.13 Å². The number of ether oxygens (including phenoxy) is 1. The van der Waals surface area contributed by atoms with E-state index in [1.807, 2.05) is 66.0 Å². The van der Waals surface area contributed by atoms with Gasteiger partial charge in [-0.1, -0.05) is 72.0 Å². The van der Waals surface area contributed by atoms with Gasteiger partial charge in [-0.3, -0.25) is 15.0 Å². The molecule has 4 rings (SSSR count). The predicted octanol–water partition coefficient (Wildman–Crippen LogP) is 3.30. The lowest BCUT2D eigenvalue weighted by molar-refractivity contribution is -0.102. The van der Waals surface area contributed by atoms with Crippen molar-refractivity contribution in [2.24, 2.45) is 10.8 Å². The summed E-state index contributed by atoms with van der Waals surface area (Å²) in [7, 11) is 1.76. The van der Waals surface area contributed by atoms with E-state index >= 15 is 0 Å². The maximum absolute atomic E-state index is 11.4. The molecule has 2 aromatic carbocycles. The number of hydrogen-bond donors (Lipinski definition) is 4. The van der Waals surface area contributed by atoms with E-state index in [0.717, 1.165) is 22.6 Å². The minimum atomic E-state index is -0.180. The fraction of sp³-hybridized carbons (Fsp3) is 0.185. The molecule has 0 bridgehead atoms. The second-order valence-electron chi connectivity index (χ2n) is 7.97. The average molecular weight is 579 g/mol. The molecule has 6 N–H and O–H groups in total. The molecule has 0 aliphatic heterocycles. The van der Waals surface area contributed by atoms with Crippen LogP contribution in [0, 0.1) is 5.41 Å². The summed E-state index contributed by atoms with van der Waals surface area (Å²) < 4.78 is 5.10. The van der Waals surface area contributed by atoms with Crippen LogP contribution >= 0.6 is 22.7 Å². The molecule has 0 atom stereocenters. The molecular weight excluding hydrogens is 548 g/mol. The Morgan fingerprint density at radius 3 is 2.48 bits per heavy atom. The standard InChI is InChI=1S/C19H16N4OS.C8H14N4O2S/c1-23(19-21-17(13-25-19)14-8-4-2-5-9-14)22-18(16(20)12-24)15-10-6-3-7-11-15;9-1-3-14-4-2-11-7(13)6-5-12-8(10)15-6/h2-13,20H,1H3;5H,1-4,9H2,(H2,10,12)(H,11,13)/b20-16?,22-18-;. The number of nitrogens with one attached hydrogen (secondary N) is 2. The van der Waals surface area contributed by atoms with Crippen LogP contribution in [0.25, 0.3) is 11.3 Å². The number of hydrogen-bond acceptors (Lipinski definition) is 12. The second-order valence-corrected chi connectivity index (χ2v) is 9.87. The van der Waals surface area contributed by atoms with Crippen molar-refractivity contribution in [3.05, 3.63) is 82.7 Å². The lowest BCUT2D eigenvalue weighted by atomic mass is 10.1. The number of hydrazone groups is 1. The van der Waals surface area contributed by atoms with Gasteiger partial charge in [-0.25, -0.2) is 15.0 Å². The highest BCUT2D eigenvalue weighted by molar-refractivity contribution is 7.17. The molecule has 0 spiro atoms. The van der Waals surface area contributed by atoms with E-state index in [-0.39, 0.29) is 11.6 Å². The van der Waals surface area contributed by atoms with Crippen molar-refractivity contribution in [2.45, 2.75) is 0 Å². The van der Waals surface area contributed by atoms with Gasteiger partial charge in [-0.15, -0.1) is 11.3 Å². The molecule has 13 heteroatoms. The number of rotatable bonds is 12.